The van der Waals surface area contributed by atoms with Crippen LogP contribution in [0, 0.1) is 0 Å². The van der Waals surface area contributed by atoms with Gasteiger partial charge in [-0.3, -0.25) is 0 Å². The molecule has 1 heterocycles. The molecule has 44 valence electrons. The van der Waals surface area contributed by atoms with E-state index < -0.39 is 0 Å². The van der Waals surface area contributed by atoms with E-state index in [-0.39, 0.29) is 0 Å². The molecule has 0 aliphatic heterocycles. The summed E-state index contributed by atoms with van der Waals surface area (Å²) in [7, 11) is 0. The first-order valence-corrected chi connectivity index (χ1v) is 5.76. The summed E-state index contributed by atoms with van der Waals surface area (Å²) in [6.45, 7) is 0. The van der Waals surface area contributed by atoms with Gasteiger partial charge in [-0.15, -0.1) is 0 Å². The molecule has 0 amide bonds. The molecule has 0 aliphatic carbocycles. The van der Waals surface area contributed by atoms with Gasteiger partial charge in [0.1, 0.15) is 0 Å². The van der Waals surface area contributed by atoms with Gasteiger partial charge in [0.25, 0.3) is 0 Å². The van der Waals surface area contributed by atoms with Gasteiger partial charge in [-0.1, -0.05) is 0 Å². The van der Waals surface area contributed by atoms with Crippen LogP contribution in [0.3, 0.4) is 0 Å². The first-order valence-electron chi connectivity index (χ1n) is 2.13. The van der Waals surface area contributed by atoms with Crippen molar-refractivity contribution in [1.29, 1.82) is 0 Å². The summed E-state index contributed by atoms with van der Waals surface area (Å²) in [5.74, 6) is 0. The predicted molar refractivity (Wildman–Crippen MR) is 43.7 cm³/mol. The van der Waals surface area contributed by atoms with E-state index in [1.54, 1.807) is 0 Å². The zero-order chi connectivity index (χ0) is 5.98. The van der Waals surface area contributed by atoms with E-state index in [0.29, 0.717) is 14.5 Å². The van der Waals surface area contributed by atoms with E-state index in [2.05, 4.69) is 44.0 Å². The third-order valence-corrected chi connectivity index (χ3v) is 5.14. The summed E-state index contributed by atoms with van der Waals surface area (Å²) >= 11 is 7.42. The van der Waals surface area contributed by atoms with Crippen molar-refractivity contribution < 1.29 is 0 Å². The molecule has 1 aromatic heterocycles. The summed E-state index contributed by atoms with van der Waals surface area (Å²) in [4.78, 5) is 0. The molecule has 0 aromatic carbocycles. The van der Waals surface area contributed by atoms with Crippen molar-refractivity contribution in [3.63, 3.8) is 0 Å². The molecule has 0 saturated carbocycles. The molecule has 0 aliphatic rings. The summed E-state index contributed by atoms with van der Waals surface area (Å²) in [6.07, 6.45) is 0. The minimum absolute atomic E-state index is 0.587. The summed E-state index contributed by atoms with van der Waals surface area (Å²) in [6, 6.07) is 4.29. The Morgan fingerprint density at radius 2 is 2.25 bits per heavy atom. The molecule has 8 heavy (non-hydrogen) atoms. The first-order chi connectivity index (χ1) is 3.83. The van der Waals surface area contributed by atoms with Crippen LogP contribution in [0.5, 0.6) is 0 Å². The number of halogens is 2. The van der Waals surface area contributed by atoms with Gasteiger partial charge in [-0.2, -0.15) is 0 Å². The maximum absolute atomic E-state index is 3.44. The molecular weight excluding hydrogens is 299 g/mol. The van der Waals surface area contributed by atoms with Gasteiger partial charge < -0.3 is 0 Å². The van der Waals surface area contributed by atoms with Crippen molar-refractivity contribution >= 4 is 46.4 Å². The molecule has 0 radical (unpaired) electrons. The van der Waals surface area contributed by atoms with Crippen molar-refractivity contribution in [3.8, 4) is 0 Å². The monoisotopic (exact) mass is 302 g/mol. The Morgan fingerprint density at radius 3 is 2.50 bits per heavy atom. The van der Waals surface area contributed by atoms with E-state index in [1.807, 2.05) is 0 Å². The van der Waals surface area contributed by atoms with E-state index >= 15 is 0 Å². The van der Waals surface area contributed by atoms with Crippen LogP contribution in [-0.2, 0) is 5.33 Å². The third kappa shape index (κ3) is 1.73. The van der Waals surface area contributed by atoms with E-state index in [0.717, 1.165) is 5.33 Å². The third-order valence-electron chi connectivity index (χ3n) is 0.761. The van der Waals surface area contributed by atoms with Crippen LogP contribution in [0.25, 0.3) is 0 Å². The molecule has 0 unspecified atom stereocenters. The standard InChI is InChI=1S/C5H4Br2Se/c6-3-4-1-2-5(7)8-4/h1-2H,3H2. The van der Waals surface area contributed by atoms with Crippen molar-refractivity contribution in [1.82, 2.24) is 0 Å². The minimum atomic E-state index is 0.587. The van der Waals surface area contributed by atoms with Crippen molar-refractivity contribution in [3.05, 3.63) is 19.9 Å². The maximum atomic E-state index is 3.44. The van der Waals surface area contributed by atoms with Crippen LogP contribution in [0.2, 0.25) is 0 Å². The molecule has 1 rings (SSSR count). The number of rotatable bonds is 1. The van der Waals surface area contributed by atoms with Gasteiger partial charge in [-0.05, 0) is 0 Å². The van der Waals surface area contributed by atoms with Crippen LogP contribution >= 0.6 is 31.9 Å². The molecule has 0 fully saturated rings. The van der Waals surface area contributed by atoms with Crippen LogP contribution in [0.15, 0.2) is 15.5 Å². The van der Waals surface area contributed by atoms with Gasteiger partial charge >= 0.3 is 71.6 Å². The van der Waals surface area contributed by atoms with Crippen molar-refractivity contribution in [2.24, 2.45) is 0 Å². The molecule has 3 heteroatoms. The second-order valence-electron chi connectivity index (χ2n) is 1.34. The van der Waals surface area contributed by atoms with Crippen molar-refractivity contribution in [2.75, 3.05) is 0 Å². The van der Waals surface area contributed by atoms with Crippen LogP contribution in [-0.4, -0.2) is 14.5 Å². The Kier molecular flexibility index (Phi) is 2.84. The molecule has 0 N–H and O–H groups in total. The van der Waals surface area contributed by atoms with Crippen LogP contribution in [0.4, 0.5) is 0 Å². The van der Waals surface area contributed by atoms with Crippen molar-refractivity contribution in [2.45, 2.75) is 5.33 Å². The van der Waals surface area contributed by atoms with Crippen LogP contribution < -0.4 is 0 Å². The average molecular weight is 303 g/mol. The number of hydrogen-bond acceptors (Lipinski definition) is 0. The fourth-order valence-corrected chi connectivity index (χ4v) is 3.63. The zero-order valence-corrected chi connectivity index (χ0v) is 8.91. The zero-order valence-electron chi connectivity index (χ0n) is 4.03. The Labute approximate surface area is 71.3 Å². The second kappa shape index (κ2) is 3.21. The molecule has 0 nitrogen and oxygen atoms in total. The number of hydrogen-bond donors (Lipinski definition) is 0. The summed E-state index contributed by atoms with van der Waals surface area (Å²) in [5, 5.41) is 1.03. The average Bonchev–Trinajstić information content (AvgIpc) is 2.14. The topological polar surface area (TPSA) is 0 Å². The Hall–Kier alpha value is 0.959. The van der Waals surface area contributed by atoms with E-state index in [4.69, 9.17) is 0 Å². The van der Waals surface area contributed by atoms with E-state index in [9.17, 15) is 0 Å². The molecular formula is C5H4Br2Se. The van der Waals surface area contributed by atoms with Gasteiger partial charge in [0, 0.05) is 0 Å². The molecule has 0 saturated heterocycles. The predicted octanol–water partition coefficient (Wildman–Crippen LogP) is 2.40. The summed E-state index contributed by atoms with van der Waals surface area (Å²) < 4.78 is 2.85. The first kappa shape index (κ1) is 7.07. The Morgan fingerprint density at radius 1 is 1.50 bits per heavy atom. The Balaban J connectivity index is 2.84. The molecule has 1 aromatic rings. The second-order valence-corrected chi connectivity index (χ2v) is 6.39. The molecule has 0 bridgehead atoms. The van der Waals surface area contributed by atoms with Gasteiger partial charge in [0.05, 0.1) is 0 Å². The molecule has 0 atom stereocenters. The molecule has 0 spiro atoms. The fraction of sp³-hybridized carbons (Fsp3) is 0.200. The van der Waals surface area contributed by atoms with Gasteiger partial charge in [0.15, 0.2) is 0 Å². The van der Waals surface area contributed by atoms with Gasteiger partial charge in [-0.25, -0.2) is 0 Å². The van der Waals surface area contributed by atoms with Gasteiger partial charge in [0.2, 0.25) is 0 Å². The number of alkyl halides is 1. The SMILES string of the molecule is BrCc1ccc(Br)[se]1. The normalized spacial score (nSPS) is 9.75. The fourth-order valence-electron chi connectivity index (χ4n) is 0.424. The van der Waals surface area contributed by atoms with E-state index in [1.165, 1.54) is 7.78 Å². The summed E-state index contributed by atoms with van der Waals surface area (Å²) in [5.41, 5.74) is 0. The quantitative estimate of drug-likeness (QED) is 0.552. The Bertz CT molecular complexity index is 171. The van der Waals surface area contributed by atoms with Crippen LogP contribution in [0.1, 0.15) is 4.44 Å².